The third-order valence-electron chi connectivity index (χ3n) is 6.34. The number of fused-ring (bicyclic) bond motifs is 2. The number of carboxylic acids is 1. The van der Waals surface area contributed by atoms with E-state index >= 15 is 0 Å². The van der Waals surface area contributed by atoms with Crippen LogP contribution >= 0.6 is 11.6 Å². The summed E-state index contributed by atoms with van der Waals surface area (Å²) in [6.45, 7) is 6.27. The first kappa shape index (κ1) is 21.7. The first-order valence-electron chi connectivity index (χ1n) is 10.3. The van der Waals surface area contributed by atoms with Crippen LogP contribution in [0.4, 0.5) is 5.69 Å². The lowest BCUT2D eigenvalue weighted by Gasteiger charge is -2.37. The zero-order valence-electron chi connectivity index (χ0n) is 18.0. The molecule has 2 aliphatic heterocycles. The first-order valence-corrected chi connectivity index (χ1v) is 10.7. The van der Waals surface area contributed by atoms with E-state index in [0.717, 1.165) is 11.1 Å². The van der Waals surface area contributed by atoms with Crippen LogP contribution in [-0.2, 0) is 15.0 Å². The maximum atomic E-state index is 13.8. The van der Waals surface area contributed by atoms with Gasteiger partial charge in [-0.1, -0.05) is 50.6 Å². The lowest BCUT2D eigenvalue weighted by atomic mass is 9.62. The van der Waals surface area contributed by atoms with E-state index < -0.39 is 23.3 Å². The Labute approximate surface area is 186 Å². The molecule has 164 valence electrons. The Morgan fingerprint density at radius 2 is 1.97 bits per heavy atom. The molecule has 7 heteroatoms. The Morgan fingerprint density at radius 3 is 2.61 bits per heavy atom. The predicted molar refractivity (Wildman–Crippen MR) is 120 cm³/mol. The van der Waals surface area contributed by atoms with E-state index in [-0.39, 0.29) is 17.4 Å². The number of halogens is 1. The van der Waals surface area contributed by atoms with Gasteiger partial charge in [0.15, 0.2) is 0 Å². The first-order chi connectivity index (χ1) is 14.6. The Kier molecular flexibility index (Phi) is 5.26. The predicted octanol–water partition coefficient (Wildman–Crippen LogP) is 4.18. The second kappa shape index (κ2) is 7.53. The molecule has 1 amide bonds. The van der Waals surface area contributed by atoms with Gasteiger partial charge >= 0.3 is 5.97 Å². The van der Waals surface area contributed by atoms with Crippen molar-refractivity contribution in [2.75, 3.05) is 12.4 Å². The molecule has 0 aliphatic carbocycles. The minimum atomic E-state index is -1.09. The molecule has 1 saturated heterocycles. The van der Waals surface area contributed by atoms with Gasteiger partial charge in [-0.15, -0.1) is 0 Å². The number of aliphatic carboxylic acids is 1. The summed E-state index contributed by atoms with van der Waals surface area (Å²) in [5, 5.41) is 17.0. The van der Waals surface area contributed by atoms with Gasteiger partial charge in [0.25, 0.3) is 0 Å². The molecule has 4 rings (SSSR count). The molecule has 0 aromatic heterocycles. The number of nitrogens with one attached hydrogen (secondary N) is 2. The zero-order chi connectivity index (χ0) is 22.6. The summed E-state index contributed by atoms with van der Waals surface area (Å²) in [7, 11) is 1.57. The van der Waals surface area contributed by atoms with E-state index in [1.165, 1.54) is 0 Å². The monoisotopic (exact) mass is 442 g/mol. The van der Waals surface area contributed by atoms with Gasteiger partial charge in [0, 0.05) is 22.7 Å². The highest BCUT2D eigenvalue weighted by molar-refractivity contribution is 6.31. The van der Waals surface area contributed by atoms with E-state index in [0.29, 0.717) is 22.9 Å². The number of hydrogen-bond acceptors (Lipinski definition) is 4. The SMILES string of the molecule is COc1cccc(C2C(C(=O)O)NC(CC(C)(C)C)C23C(=O)Nc2cc(Cl)ccc23)c1. The van der Waals surface area contributed by atoms with Crippen LogP contribution in [0.15, 0.2) is 42.5 Å². The van der Waals surface area contributed by atoms with Crippen LogP contribution in [0.1, 0.15) is 44.2 Å². The molecule has 2 heterocycles. The Hall–Kier alpha value is -2.57. The smallest absolute Gasteiger partial charge is 0.321 e. The van der Waals surface area contributed by atoms with Crippen LogP contribution < -0.4 is 15.4 Å². The van der Waals surface area contributed by atoms with Gasteiger partial charge in [-0.3, -0.25) is 14.9 Å². The summed E-state index contributed by atoms with van der Waals surface area (Å²) < 4.78 is 5.39. The van der Waals surface area contributed by atoms with Crippen molar-refractivity contribution in [1.82, 2.24) is 5.32 Å². The minimum Gasteiger partial charge on any atom is -0.497 e. The van der Waals surface area contributed by atoms with Crippen LogP contribution in [0.25, 0.3) is 0 Å². The molecule has 3 N–H and O–H groups in total. The fraction of sp³-hybridized carbons (Fsp3) is 0.417. The van der Waals surface area contributed by atoms with Crippen LogP contribution in [0.5, 0.6) is 5.75 Å². The second-order valence-corrected chi connectivity index (χ2v) is 10.0. The molecule has 4 unspecified atom stereocenters. The standard InChI is InChI=1S/C24H27ClN2O4/c1-23(2,3)12-18-24(16-9-8-14(25)11-17(16)26-22(24)30)19(20(27-18)21(28)29)13-6-5-7-15(10-13)31-4/h5-11,18-20,27H,12H2,1-4H3,(H,26,30)(H,28,29). The number of benzene rings is 2. The van der Waals surface area contributed by atoms with E-state index in [1.54, 1.807) is 19.2 Å². The number of hydrogen-bond donors (Lipinski definition) is 3. The van der Waals surface area contributed by atoms with Crippen molar-refractivity contribution in [3.8, 4) is 5.75 Å². The maximum absolute atomic E-state index is 13.8. The van der Waals surface area contributed by atoms with Gasteiger partial charge in [-0.2, -0.15) is 0 Å². The van der Waals surface area contributed by atoms with Crippen molar-refractivity contribution in [2.24, 2.45) is 5.41 Å². The molecular formula is C24H27ClN2O4. The number of amides is 1. The van der Waals surface area contributed by atoms with Crippen molar-refractivity contribution in [1.29, 1.82) is 0 Å². The third kappa shape index (κ3) is 3.48. The Balaban J connectivity index is 2.00. The molecule has 6 nitrogen and oxygen atoms in total. The van der Waals surface area contributed by atoms with Crippen molar-refractivity contribution in [3.63, 3.8) is 0 Å². The molecule has 0 saturated carbocycles. The topological polar surface area (TPSA) is 87.7 Å². The molecule has 2 aromatic carbocycles. The number of anilines is 1. The maximum Gasteiger partial charge on any atom is 0.321 e. The molecule has 2 aliphatic rings. The van der Waals surface area contributed by atoms with Crippen molar-refractivity contribution < 1.29 is 19.4 Å². The zero-order valence-corrected chi connectivity index (χ0v) is 18.8. The number of carbonyl (C=O) groups is 2. The van der Waals surface area contributed by atoms with E-state index in [2.05, 4.69) is 31.4 Å². The minimum absolute atomic E-state index is 0.132. The van der Waals surface area contributed by atoms with Crippen molar-refractivity contribution in [3.05, 3.63) is 58.6 Å². The molecule has 0 radical (unpaired) electrons. The fourth-order valence-corrected chi connectivity index (χ4v) is 5.42. The van der Waals surface area contributed by atoms with Crippen molar-refractivity contribution >= 4 is 29.2 Å². The third-order valence-corrected chi connectivity index (χ3v) is 6.58. The Morgan fingerprint density at radius 1 is 1.23 bits per heavy atom. The average molecular weight is 443 g/mol. The van der Waals surface area contributed by atoms with Crippen LogP contribution in [0.2, 0.25) is 5.02 Å². The molecule has 1 fully saturated rings. The molecule has 0 bridgehead atoms. The summed E-state index contributed by atoms with van der Waals surface area (Å²) in [6.07, 6.45) is 0.618. The number of methoxy groups -OCH3 is 1. The number of ether oxygens (including phenoxy) is 1. The summed E-state index contributed by atoms with van der Waals surface area (Å²) in [4.78, 5) is 26.2. The van der Waals surface area contributed by atoms with E-state index in [1.807, 2.05) is 30.3 Å². The van der Waals surface area contributed by atoms with E-state index in [9.17, 15) is 14.7 Å². The number of rotatable bonds is 4. The summed E-state index contributed by atoms with van der Waals surface area (Å²) in [5.41, 5.74) is 0.931. The highest BCUT2D eigenvalue weighted by atomic mass is 35.5. The van der Waals surface area contributed by atoms with E-state index in [4.69, 9.17) is 16.3 Å². The van der Waals surface area contributed by atoms with Crippen LogP contribution in [-0.4, -0.2) is 36.2 Å². The lowest BCUT2D eigenvalue weighted by Crippen LogP contribution is -2.49. The summed E-state index contributed by atoms with van der Waals surface area (Å²) in [6, 6.07) is 11.3. The Bertz CT molecular complexity index is 1050. The van der Waals surface area contributed by atoms with Gasteiger partial charge in [0.2, 0.25) is 5.91 Å². The van der Waals surface area contributed by atoms with Gasteiger partial charge < -0.3 is 15.2 Å². The highest BCUT2D eigenvalue weighted by Gasteiger charge is 2.65. The normalized spacial score (nSPS) is 27.3. The average Bonchev–Trinajstić information content (AvgIpc) is 3.16. The molecule has 31 heavy (non-hydrogen) atoms. The van der Waals surface area contributed by atoms with Gasteiger partial charge in [-0.05, 0) is 47.2 Å². The highest BCUT2D eigenvalue weighted by Crippen LogP contribution is 2.56. The van der Waals surface area contributed by atoms with Crippen LogP contribution in [0, 0.1) is 5.41 Å². The van der Waals surface area contributed by atoms with Gasteiger partial charge in [0.05, 0.1) is 7.11 Å². The van der Waals surface area contributed by atoms with Gasteiger partial charge in [0.1, 0.15) is 17.2 Å². The summed E-state index contributed by atoms with van der Waals surface area (Å²) in [5.74, 6) is -1.21. The molecule has 4 atom stereocenters. The molecule has 2 aromatic rings. The second-order valence-electron chi connectivity index (χ2n) is 9.57. The quantitative estimate of drug-likeness (QED) is 0.661. The number of carboxylic acid groups (broad SMARTS) is 1. The lowest BCUT2D eigenvalue weighted by molar-refractivity contribution is -0.139. The van der Waals surface area contributed by atoms with Crippen molar-refractivity contribution in [2.45, 2.75) is 50.6 Å². The molecular weight excluding hydrogens is 416 g/mol. The molecule has 1 spiro atoms. The summed E-state index contributed by atoms with van der Waals surface area (Å²) >= 11 is 6.20. The van der Waals surface area contributed by atoms with Crippen LogP contribution in [0.3, 0.4) is 0 Å². The largest absolute Gasteiger partial charge is 0.497 e. The fourth-order valence-electron chi connectivity index (χ4n) is 5.24. The number of carbonyl (C=O) groups excluding carboxylic acids is 1. The van der Waals surface area contributed by atoms with Gasteiger partial charge in [-0.25, -0.2) is 0 Å².